The Balaban J connectivity index is 0.000000171. The number of hydrogen-bond acceptors (Lipinski definition) is 17. The van der Waals surface area contributed by atoms with Gasteiger partial charge in [-0.1, -0.05) is 126 Å². The quantitative estimate of drug-likeness (QED) is 0.0509. The molecule has 12 rings (SSSR count). The molecule has 0 N–H and O–H groups in total. The molecule has 0 aliphatic heterocycles. The summed E-state index contributed by atoms with van der Waals surface area (Å²) in [5.74, 6) is 6.25. The van der Waals surface area contributed by atoms with Crippen LogP contribution in [0.4, 0.5) is 0 Å². The fraction of sp³-hybridized carbons (Fsp3) is 0.440. The smallest absolute Gasteiger partial charge is 0.183 e. The molecule has 4 fully saturated rings. The summed E-state index contributed by atoms with van der Waals surface area (Å²) >= 11 is 24.3. The molecule has 4 aliphatic rings. The van der Waals surface area contributed by atoms with E-state index in [9.17, 15) is 19.2 Å². The van der Waals surface area contributed by atoms with Crippen molar-refractivity contribution in [1.29, 1.82) is 21.0 Å². The summed E-state index contributed by atoms with van der Waals surface area (Å²) < 4.78 is 24.1. The van der Waals surface area contributed by atoms with E-state index in [4.69, 9.17) is 86.4 Å². The van der Waals surface area contributed by atoms with E-state index >= 15 is 0 Å². The average Bonchev–Trinajstić information content (AvgIpc) is 0.864. The van der Waals surface area contributed by atoms with Gasteiger partial charge in [0, 0.05) is 85.4 Å². The number of carbonyl (C=O) groups is 4. The van der Waals surface area contributed by atoms with E-state index in [0.717, 1.165) is 125 Å². The second-order valence-corrected chi connectivity index (χ2v) is 32.6. The number of hydrogen-bond donors (Lipinski definition) is 0. The summed E-state index contributed by atoms with van der Waals surface area (Å²) in [6.45, 7) is 16.7. The highest BCUT2D eigenvalue weighted by atomic mass is 35.5. The molecule has 0 radical (unpaired) electrons. The molecule has 5 aromatic carbocycles. The van der Waals surface area contributed by atoms with Crippen LogP contribution in [0.2, 0.25) is 20.1 Å². The van der Waals surface area contributed by atoms with Crippen LogP contribution in [0.3, 0.4) is 0 Å². The predicted molar refractivity (Wildman–Crippen MR) is 437 cm³/mol. The Morgan fingerprint density at radius 2 is 0.607 bits per heavy atom. The third-order valence-electron chi connectivity index (χ3n) is 21.2. The summed E-state index contributed by atoms with van der Waals surface area (Å²) in [4.78, 5) is 71.8. The maximum absolute atomic E-state index is 12.6. The van der Waals surface area contributed by atoms with Gasteiger partial charge in [0.15, 0.2) is 23.1 Å². The molecular formula is C91H99Cl4N9O8. The molecule has 3 aromatic heterocycles. The van der Waals surface area contributed by atoms with Crippen molar-refractivity contribution in [2.45, 2.75) is 232 Å². The van der Waals surface area contributed by atoms with Crippen molar-refractivity contribution in [2.24, 2.45) is 23.7 Å². The standard InChI is InChI=1S/C24H26ClNO2.C23H25ClN2O2.2C22H24ClN3O2/c1-16(2)18-5-7-19(8-6-18)24(27)13-17-3-10-21(11-4-17)28-22-12-9-20(15-26)23(25)14-22;1-15(2)22-10-6-18(14-26-22)23(27)11-16-3-7-19(8-4-16)28-20-9-5-17(13-25)21(24)12-20;2*1-14(2)20-12-26-21(13-25-20)22(27)9-15-3-6-17(7-4-15)28-18-8-5-16(11-24)19(23)10-18/h5-9,12,14,16-17,21H,3-4,10-11,13H2,1-2H3;5-6,9-10,12,14-16,19H,3-4,7-8,11H2,1-2H3;2*5,8,10,12-15,17H,3-4,6-7,9H2,1-2H3. The molecular weight excluding hydrogens is 1490 g/mol. The third kappa shape index (κ3) is 26.3. The van der Waals surface area contributed by atoms with Crippen LogP contribution < -0.4 is 18.9 Å². The number of ether oxygens (including phenoxy) is 4. The molecule has 4 saturated carbocycles. The fourth-order valence-corrected chi connectivity index (χ4v) is 15.1. The van der Waals surface area contributed by atoms with Crippen molar-refractivity contribution in [3.05, 3.63) is 228 Å². The van der Waals surface area contributed by atoms with Crippen molar-refractivity contribution < 1.29 is 38.1 Å². The normalized spacial score (nSPS) is 19.2. The van der Waals surface area contributed by atoms with Crippen LogP contribution >= 0.6 is 46.4 Å². The van der Waals surface area contributed by atoms with Crippen molar-refractivity contribution in [1.82, 2.24) is 24.9 Å². The van der Waals surface area contributed by atoms with E-state index in [-0.39, 0.29) is 47.5 Å². The second-order valence-electron chi connectivity index (χ2n) is 30.9. The molecule has 8 aromatic rings. The molecule has 3 heterocycles. The number of rotatable bonds is 24. The second kappa shape index (κ2) is 42.9. The van der Waals surface area contributed by atoms with Gasteiger partial charge in [-0.25, -0.2) is 9.97 Å². The number of benzene rings is 5. The van der Waals surface area contributed by atoms with Crippen LogP contribution in [0, 0.1) is 69.0 Å². The minimum absolute atomic E-state index is 0.0612. The van der Waals surface area contributed by atoms with E-state index in [1.165, 1.54) is 5.56 Å². The number of carbonyl (C=O) groups excluding carboxylic acids is 4. The lowest BCUT2D eigenvalue weighted by Crippen LogP contribution is -2.25. The van der Waals surface area contributed by atoms with Gasteiger partial charge in [0.05, 0.1) is 90.5 Å². The predicted octanol–water partition coefficient (Wildman–Crippen LogP) is 23.2. The molecule has 0 bridgehead atoms. The number of nitriles is 4. The summed E-state index contributed by atoms with van der Waals surface area (Å²) in [7, 11) is 0. The van der Waals surface area contributed by atoms with E-state index < -0.39 is 0 Å². The van der Waals surface area contributed by atoms with Gasteiger partial charge in [0.1, 0.15) is 58.7 Å². The lowest BCUT2D eigenvalue weighted by molar-refractivity contribution is 0.0892. The van der Waals surface area contributed by atoms with E-state index in [0.29, 0.717) is 155 Å². The maximum Gasteiger partial charge on any atom is 0.183 e. The fourth-order valence-electron chi connectivity index (χ4n) is 14.2. The molecule has 0 unspecified atom stereocenters. The van der Waals surface area contributed by atoms with Crippen LogP contribution in [0.15, 0.2) is 140 Å². The Morgan fingerprint density at radius 1 is 0.330 bits per heavy atom. The van der Waals surface area contributed by atoms with Gasteiger partial charge in [0.25, 0.3) is 0 Å². The molecule has 584 valence electrons. The van der Waals surface area contributed by atoms with Gasteiger partial charge in [-0.05, 0) is 216 Å². The minimum Gasteiger partial charge on any atom is -0.490 e. The third-order valence-corrected chi connectivity index (χ3v) is 22.5. The van der Waals surface area contributed by atoms with Gasteiger partial charge < -0.3 is 18.9 Å². The molecule has 0 amide bonds. The van der Waals surface area contributed by atoms with Crippen LogP contribution in [-0.4, -0.2) is 72.5 Å². The summed E-state index contributed by atoms with van der Waals surface area (Å²) in [5, 5.41) is 37.4. The van der Waals surface area contributed by atoms with Gasteiger partial charge >= 0.3 is 0 Å². The zero-order chi connectivity index (χ0) is 80.4. The number of pyridine rings is 1. The van der Waals surface area contributed by atoms with Crippen molar-refractivity contribution in [2.75, 3.05) is 0 Å². The Hall–Kier alpha value is -9.59. The Kier molecular flexibility index (Phi) is 33.1. The van der Waals surface area contributed by atoms with Gasteiger partial charge in [0.2, 0.25) is 0 Å². The lowest BCUT2D eigenvalue weighted by Gasteiger charge is -2.28. The molecule has 17 nitrogen and oxygen atoms in total. The topological polar surface area (TPSA) is 265 Å². The molecule has 0 atom stereocenters. The SMILES string of the molecule is CC(C)c1ccc(C(=O)CC2CCC(Oc3ccc(C#N)c(Cl)c3)CC2)cc1.CC(C)c1ccc(C(=O)CC2CCC(Oc3ccc(C#N)c(Cl)c3)CC2)cn1.CC(C)c1cnc(C(=O)CC2CCC(Oc3ccc(C#N)c(Cl)c3)CC2)cn1.CC(C)c1cnc(C(=O)CC2CCC(Oc3ccc(C#N)c(Cl)c3)CC2)cn1. The molecule has 0 saturated heterocycles. The van der Waals surface area contributed by atoms with Crippen LogP contribution in [-0.2, 0) is 0 Å². The van der Waals surface area contributed by atoms with Gasteiger partial charge in [-0.15, -0.1) is 0 Å². The largest absolute Gasteiger partial charge is 0.490 e. The number of nitrogens with zero attached hydrogens (tertiary/aromatic N) is 9. The average molecular weight is 1590 g/mol. The summed E-state index contributed by atoms with van der Waals surface area (Å²) in [5.41, 5.74) is 8.30. The first kappa shape index (κ1) is 86.4. The maximum atomic E-state index is 12.6. The Bertz CT molecular complexity index is 4040. The molecule has 21 heteroatoms. The zero-order valence-corrected chi connectivity index (χ0v) is 68.2. The lowest BCUT2D eigenvalue weighted by atomic mass is 9.83. The number of aromatic nitrogens is 5. The number of Topliss-reactive ketones (excluding diaryl/α,β-unsaturated/α-hetero) is 4. The van der Waals surface area contributed by atoms with Crippen molar-refractivity contribution in [3.63, 3.8) is 0 Å². The monoisotopic (exact) mass is 1590 g/mol. The van der Waals surface area contributed by atoms with Gasteiger partial charge in [-0.3, -0.25) is 34.1 Å². The molecule has 112 heavy (non-hydrogen) atoms. The van der Waals surface area contributed by atoms with E-state index in [2.05, 4.69) is 98.5 Å². The molecule has 4 aliphatic carbocycles. The number of halogens is 4. The van der Waals surface area contributed by atoms with Crippen molar-refractivity contribution >= 4 is 69.5 Å². The van der Waals surface area contributed by atoms with Crippen LogP contribution in [0.1, 0.15) is 294 Å². The first-order valence-electron chi connectivity index (χ1n) is 39.1. The molecule has 0 spiro atoms. The van der Waals surface area contributed by atoms with E-state index in [1.54, 1.807) is 104 Å². The zero-order valence-electron chi connectivity index (χ0n) is 65.2. The van der Waals surface area contributed by atoms with E-state index in [1.807, 2.05) is 42.5 Å². The first-order valence-corrected chi connectivity index (χ1v) is 40.6. The van der Waals surface area contributed by atoms with Crippen LogP contribution in [0.25, 0.3) is 0 Å². The highest BCUT2D eigenvalue weighted by Gasteiger charge is 2.30. The number of ketones is 4. The van der Waals surface area contributed by atoms with Crippen molar-refractivity contribution in [3.8, 4) is 47.3 Å². The highest BCUT2D eigenvalue weighted by Crippen LogP contribution is 2.37. The Morgan fingerprint density at radius 3 is 0.848 bits per heavy atom. The highest BCUT2D eigenvalue weighted by molar-refractivity contribution is 6.33. The Labute approximate surface area is 679 Å². The van der Waals surface area contributed by atoms with Crippen LogP contribution in [0.5, 0.6) is 23.0 Å². The minimum atomic E-state index is 0.0612. The van der Waals surface area contributed by atoms with Gasteiger partial charge in [-0.2, -0.15) is 21.0 Å². The first-order chi connectivity index (χ1) is 53.8. The summed E-state index contributed by atoms with van der Waals surface area (Å²) in [6.07, 6.45) is 26.0. The summed E-state index contributed by atoms with van der Waals surface area (Å²) in [6, 6.07) is 40.7.